The Morgan fingerprint density at radius 3 is 2.20 bits per heavy atom. The lowest BCUT2D eigenvalue weighted by atomic mass is 10.1. The molecular formula is C13H7Cl3FNO2. The zero-order chi connectivity index (χ0) is 14.9. The lowest BCUT2D eigenvalue weighted by Gasteiger charge is -2.06. The SMILES string of the molecule is O=C(c1ccc(F)cc1)c1c[nH]c(C(=O)C(Cl)(Cl)Cl)c1. The van der Waals surface area contributed by atoms with Gasteiger partial charge < -0.3 is 4.98 Å². The molecule has 7 heteroatoms. The molecule has 0 saturated heterocycles. The molecule has 1 aromatic carbocycles. The van der Waals surface area contributed by atoms with Gasteiger partial charge in [0.15, 0.2) is 5.78 Å². The fraction of sp³-hybridized carbons (Fsp3) is 0.0769. The summed E-state index contributed by atoms with van der Waals surface area (Å²) in [7, 11) is 0. The molecule has 1 heterocycles. The second kappa shape index (κ2) is 5.56. The molecule has 104 valence electrons. The van der Waals surface area contributed by atoms with Crippen molar-refractivity contribution in [2.75, 3.05) is 0 Å². The van der Waals surface area contributed by atoms with E-state index in [1.54, 1.807) is 0 Å². The lowest BCUT2D eigenvalue weighted by molar-refractivity contribution is 0.0992. The third-order valence-corrected chi connectivity index (χ3v) is 3.07. The summed E-state index contributed by atoms with van der Waals surface area (Å²) in [5, 5.41) is 0. The van der Waals surface area contributed by atoms with E-state index < -0.39 is 15.4 Å². The molecule has 0 aliphatic rings. The fourth-order valence-electron chi connectivity index (χ4n) is 1.58. The van der Waals surface area contributed by atoms with Gasteiger partial charge in [0.1, 0.15) is 5.82 Å². The van der Waals surface area contributed by atoms with Crippen molar-refractivity contribution in [1.29, 1.82) is 0 Å². The predicted molar refractivity (Wildman–Crippen MR) is 75.2 cm³/mol. The Balaban J connectivity index is 2.27. The Hall–Kier alpha value is -1.36. The Labute approximate surface area is 128 Å². The van der Waals surface area contributed by atoms with Gasteiger partial charge in [0.25, 0.3) is 3.79 Å². The summed E-state index contributed by atoms with van der Waals surface area (Å²) in [6, 6.07) is 6.33. The van der Waals surface area contributed by atoms with Crippen molar-refractivity contribution in [3.8, 4) is 0 Å². The molecule has 0 aliphatic heterocycles. The number of aromatic nitrogens is 1. The van der Waals surface area contributed by atoms with Crippen LogP contribution in [0.3, 0.4) is 0 Å². The van der Waals surface area contributed by atoms with Crippen LogP contribution >= 0.6 is 34.8 Å². The number of alkyl halides is 3. The summed E-state index contributed by atoms with van der Waals surface area (Å²) in [5.41, 5.74) is 0.517. The van der Waals surface area contributed by atoms with Gasteiger partial charge in [-0.3, -0.25) is 9.59 Å². The molecule has 2 rings (SSSR count). The molecule has 0 spiro atoms. The number of hydrogen-bond donors (Lipinski definition) is 1. The first kappa shape index (κ1) is 15.0. The van der Waals surface area contributed by atoms with Crippen LogP contribution in [0.25, 0.3) is 0 Å². The van der Waals surface area contributed by atoms with Gasteiger partial charge in [-0.25, -0.2) is 4.39 Å². The quantitative estimate of drug-likeness (QED) is 0.683. The van der Waals surface area contributed by atoms with Crippen LogP contribution in [0.2, 0.25) is 0 Å². The van der Waals surface area contributed by atoms with Gasteiger partial charge in [-0.05, 0) is 30.3 Å². The van der Waals surface area contributed by atoms with Crippen molar-refractivity contribution in [3.05, 3.63) is 59.2 Å². The van der Waals surface area contributed by atoms with Crippen molar-refractivity contribution in [3.63, 3.8) is 0 Å². The van der Waals surface area contributed by atoms with Gasteiger partial charge in [-0.15, -0.1) is 0 Å². The number of halogens is 4. The van der Waals surface area contributed by atoms with Crippen molar-refractivity contribution in [2.45, 2.75) is 3.79 Å². The molecule has 0 amide bonds. The van der Waals surface area contributed by atoms with E-state index >= 15 is 0 Å². The van der Waals surface area contributed by atoms with Gasteiger partial charge in [-0.2, -0.15) is 0 Å². The summed E-state index contributed by atoms with van der Waals surface area (Å²) in [6.07, 6.45) is 1.33. The highest BCUT2D eigenvalue weighted by molar-refractivity contribution is 6.77. The zero-order valence-corrected chi connectivity index (χ0v) is 12.1. The molecule has 0 atom stereocenters. The molecule has 3 nitrogen and oxygen atoms in total. The number of ketones is 2. The Morgan fingerprint density at radius 1 is 1.05 bits per heavy atom. The number of hydrogen-bond acceptors (Lipinski definition) is 2. The largest absolute Gasteiger partial charge is 0.358 e. The normalized spacial score (nSPS) is 11.4. The molecule has 20 heavy (non-hydrogen) atoms. The molecule has 1 N–H and O–H groups in total. The second-order valence-corrected chi connectivity index (χ2v) is 6.25. The number of aromatic amines is 1. The van der Waals surface area contributed by atoms with E-state index in [2.05, 4.69) is 4.98 Å². The third kappa shape index (κ3) is 3.20. The number of nitrogens with one attached hydrogen (secondary N) is 1. The maximum atomic E-state index is 12.8. The number of rotatable bonds is 3. The average Bonchev–Trinajstić information content (AvgIpc) is 2.86. The minimum absolute atomic E-state index is 0.00969. The first-order chi connectivity index (χ1) is 9.29. The minimum Gasteiger partial charge on any atom is -0.358 e. The second-order valence-electron chi connectivity index (χ2n) is 3.96. The number of H-pyrrole nitrogens is 1. The van der Waals surface area contributed by atoms with E-state index in [0.717, 1.165) is 0 Å². The van der Waals surface area contributed by atoms with Gasteiger partial charge in [0.2, 0.25) is 5.78 Å². The van der Waals surface area contributed by atoms with E-state index in [-0.39, 0.29) is 17.0 Å². The summed E-state index contributed by atoms with van der Waals surface area (Å²) in [5.74, 6) is -1.58. The fourth-order valence-corrected chi connectivity index (χ4v) is 1.88. The van der Waals surface area contributed by atoms with Gasteiger partial charge in [0.05, 0.1) is 5.69 Å². The highest BCUT2D eigenvalue weighted by atomic mass is 35.6. The maximum absolute atomic E-state index is 12.8. The van der Waals surface area contributed by atoms with Crippen LogP contribution in [-0.2, 0) is 0 Å². The number of benzene rings is 1. The van der Waals surface area contributed by atoms with Crippen LogP contribution < -0.4 is 0 Å². The molecule has 1 aromatic heterocycles. The highest BCUT2D eigenvalue weighted by Crippen LogP contribution is 2.30. The van der Waals surface area contributed by atoms with Gasteiger partial charge >= 0.3 is 0 Å². The first-order valence-corrected chi connectivity index (χ1v) is 6.52. The van der Waals surface area contributed by atoms with Crippen LogP contribution in [0.5, 0.6) is 0 Å². The minimum atomic E-state index is -2.10. The number of Topliss-reactive ketones (excluding diaryl/α,β-unsaturated/α-hetero) is 1. The van der Waals surface area contributed by atoms with Gasteiger partial charge in [0, 0.05) is 17.3 Å². The van der Waals surface area contributed by atoms with Crippen molar-refractivity contribution >= 4 is 46.4 Å². The first-order valence-electron chi connectivity index (χ1n) is 5.39. The Morgan fingerprint density at radius 2 is 1.65 bits per heavy atom. The molecule has 0 saturated carbocycles. The molecule has 0 aliphatic carbocycles. The van der Waals surface area contributed by atoms with Crippen LogP contribution in [0, 0.1) is 5.82 Å². The van der Waals surface area contributed by atoms with Crippen molar-refractivity contribution in [1.82, 2.24) is 4.98 Å². The maximum Gasteiger partial charge on any atom is 0.254 e. The summed E-state index contributed by atoms with van der Waals surface area (Å²) >= 11 is 16.4. The summed E-state index contributed by atoms with van der Waals surface area (Å²) < 4.78 is 10.7. The van der Waals surface area contributed by atoms with Crippen LogP contribution in [0.1, 0.15) is 26.4 Å². The average molecular weight is 335 g/mol. The molecule has 0 bridgehead atoms. The highest BCUT2D eigenvalue weighted by Gasteiger charge is 2.33. The number of carbonyl (C=O) groups excluding carboxylic acids is 2. The molecule has 0 unspecified atom stereocenters. The van der Waals surface area contributed by atoms with E-state index in [1.807, 2.05) is 0 Å². The Kier molecular flexibility index (Phi) is 4.18. The van der Waals surface area contributed by atoms with E-state index in [1.165, 1.54) is 36.5 Å². The smallest absolute Gasteiger partial charge is 0.254 e. The third-order valence-electron chi connectivity index (χ3n) is 2.55. The number of carbonyl (C=O) groups is 2. The van der Waals surface area contributed by atoms with E-state index in [9.17, 15) is 14.0 Å². The zero-order valence-electron chi connectivity index (χ0n) is 9.79. The summed E-state index contributed by atoms with van der Waals surface area (Å²) in [4.78, 5) is 26.4. The van der Waals surface area contributed by atoms with Crippen LogP contribution in [0.4, 0.5) is 4.39 Å². The monoisotopic (exact) mass is 333 g/mol. The predicted octanol–water partition coefficient (Wildman–Crippen LogP) is 3.94. The van der Waals surface area contributed by atoms with E-state index in [4.69, 9.17) is 34.8 Å². The molecule has 2 aromatic rings. The lowest BCUT2D eigenvalue weighted by Crippen LogP contribution is -2.19. The van der Waals surface area contributed by atoms with Crippen molar-refractivity contribution in [2.24, 2.45) is 0 Å². The molecule has 0 fully saturated rings. The topological polar surface area (TPSA) is 49.9 Å². The van der Waals surface area contributed by atoms with Crippen LogP contribution in [0.15, 0.2) is 36.5 Å². The molecule has 0 radical (unpaired) electrons. The Bertz CT molecular complexity index is 659. The summed E-state index contributed by atoms with van der Waals surface area (Å²) in [6.45, 7) is 0. The van der Waals surface area contributed by atoms with Crippen molar-refractivity contribution < 1.29 is 14.0 Å². The molecular weight excluding hydrogens is 328 g/mol. The van der Waals surface area contributed by atoms with Gasteiger partial charge in [-0.1, -0.05) is 34.8 Å². The van der Waals surface area contributed by atoms with E-state index in [0.29, 0.717) is 5.56 Å². The van der Waals surface area contributed by atoms with Crippen LogP contribution in [-0.4, -0.2) is 20.3 Å². The standard InChI is InChI=1S/C13H7Cl3FNO2/c14-13(15,16)12(20)10-5-8(6-18-10)11(19)7-1-3-9(17)4-2-7/h1-6,18H.